The van der Waals surface area contributed by atoms with E-state index >= 15 is 0 Å². The third-order valence-electron chi connectivity index (χ3n) is 4.96. The van der Waals surface area contributed by atoms with Crippen LogP contribution in [0.2, 0.25) is 0 Å². The molecule has 2 aromatic rings. The van der Waals surface area contributed by atoms with Gasteiger partial charge in [-0.15, -0.1) is 0 Å². The first-order valence-corrected chi connectivity index (χ1v) is 8.63. The summed E-state index contributed by atoms with van der Waals surface area (Å²) >= 11 is 0. The molecule has 4 atom stereocenters. The number of rotatable bonds is 5. The van der Waals surface area contributed by atoms with E-state index in [1.165, 1.54) is 5.56 Å². The van der Waals surface area contributed by atoms with E-state index in [4.69, 9.17) is 0 Å². The van der Waals surface area contributed by atoms with Crippen LogP contribution in [0.5, 0.6) is 0 Å². The first-order chi connectivity index (χ1) is 12.1. The summed E-state index contributed by atoms with van der Waals surface area (Å²) < 4.78 is 0. The Balaban J connectivity index is 1.63. The molecule has 5 heteroatoms. The van der Waals surface area contributed by atoms with E-state index in [0.717, 1.165) is 17.5 Å². The Morgan fingerprint density at radius 1 is 0.840 bits per heavy atom. The number of benzene rings is 2. The lowest BCUT2D eigenvalue weighted by Gasteiger charge is -2.43. The van der Waals surface area contributed by atoms with Gasteiger partial charge in [0.1, 0.15) is 12.2 Å². The second-order valence-corrected chi connectivity index (χ2v) is 6.61. The number of nitrogens with zero attached hydrogens (tertiary/aromatic N) is 1. The minimum atomic E-state index is -1.21. The van der Waals surface area contributed by atoms with Gasteiger partial charge in [0.05, 0.1) is 18.8 Å². The Morgan fingerprint density at radius 2 is 1.48 bits per heavy atom. The van der Waals surface area contributed by atoms with E-state index in [-0.39, 0.29) is 13.2 Å². The molecule has 1 aliphatic rings. The monoisotopic (exact) mass is 343 g/mol. The van der Waals surface area contributed by atoms with Crippen molar-refractivity contribution in [3.05, 3.63) is 60.2 Å². The van der Waals surface area contributed by atoms with Crippen LogP contribution in [0.15, 0.2) is 54.6 Å². The van der Waals surface area contributed by atoms with Gasteiger partial charge in [0, 0.05) is 13.1 Å². The van der Waals surface area contributed by atoms with Crippen LogP contribution in [-0.2, 0) is 6.42 Å². The lowest BCUT2D eigenvalue weighted by atomic mass is 9.93. The van der Waals surface area contributed by atoms with Crippen LogP contribution < -0.4 is 0 Å². The summed E-state index contributed by atoms with van der Waals surface area (Å²) in [7, 11) is 0. The molecule has 134 valence electrons. The molecule has 0 spiro atoms. The summed E-state index contributed by atoms with van der Waals surface area (Å²) in [5.74, 6) is 0. The number of aliphatic hydroxyl groups excluding tert-OH is 4. The number of piperidine rings is 1. The first-order valence-electron chi connectivity index (χ1n) is 8.63. The largest absolute Gasteiger partial charge is 0.395 e. The van der Waals surface area contributed by atoms with Gasteiger partial charge in [-0.3, -0.25) is 4.90 Å². The number of hydrogen-bond acceptors (Lipinski definition) is 5. The number of hydrogen-bond donors (Lipinski definition) is 4. The zero-order chi connectivity index (χ0) is 17.8. The van der Waals surface area contributed by atoms with Crippen molar-refractivity contribution in [1.29, 1.82) is 0 Å². The summed E-state index contributed by atoms with van der Waals surface area (Å²) in [4.78, 5) is 1.84. The van der Waals surface area contributed by atoms with Crippen molar-refractivity contribution >= 4 is 0 Å². The Morgan fingerprint density at radius 3 is 2.12 bits per heavy atom. The van der Waals surface area contributed by atoms with Crippen molar-refractivity contribution in [1.82, 2.24) is 4.90 Å². The smallest absolute Gasteiger partial charge is 0.109 e. The second-order valence-electron chi connectivity index (χ2n) is 6.61. The predicted octanol–water partition coefficient (Wildman–Crippen LogP) is 0.655. The van der Waals surface area contributed by atoms with Gasteiger partial charge in [-0.25, -0.2) is 0 Å². The maximum Gasteiger partial charge on any atom is 0.109 e. The molecule has 0 amide bonds. The quantitative estimate of drug-likeness (QED) is 0.641. The van der Waals surface area contributed by atoms with E-state index in [1.54, 1.807) is 0 Å². The lowest BCUT2D eigenvalue weighted by molar-refractivity contribution is -0.144. The maximum absolute atomic E-state index is 10.0. The Labute approximate surface area is 147 Å². The van der Waals surface area contributed by atoms with Crippen molar-refractivity contribution in [3.63, 3.8) is 0 Å². The molecular formula is C20H25NO4. The highest BCUT2D eigenvalue weighted by atomic mass is 16.4. The van der Waals surface area contributed by atoms with Gasteiger partial charge in [0.25, 0.3) is 0 Å². The normalized spacial score (nSPS) is 27.4. The van der Waals surface area contributed by atoms with Gasteiger partial charge in [-0.05, 0) is 23.1 Å². The number of β-amino-alcohol motifs (C(OH)–C–C–N with tert-alkyl or cyclic N) is 1. The summed E-state index contributed by atoms with van der Waals surface area (Å²) in [5.41, 5.74) is 3.47. The topological polar surface area (TPSA) is 84.2 Å². The Kier molecular flexibility index (Phi) is 5.83. The fraction of sp³-hybridized carbons (Fsp3) is 0.400. The molecule has 25 heavy (non-hydrogen) atoms. The molecule has 3 rings (SSSR count). The molecule has 0 bridgehead atoms. The van der Waals surface area contributed by atoms with Gasteiger partial charge < -0.3 is 20.4 Å². The minimum absolute atomic E-state index is 0.242. The minimum Gasteiger partial charge on any atom is -0.395 e. The van der Waals surface area contributed by atoms with Crippen LogP contribution in [-0.4, -0.2) is 69.4 Å². The van der Waals surface area contributed by atoms with Crippen molar-refractivity contribution in [2.45, 2.75) is 30.8 Å². The van der Waals surface area contributed by atoms with Crippen molar-refractivity contribution in [3.8, 4) is 11.1 Å². The summed E-state index contributed by atoms with van der Waals surface area (Å²) in [6.45, 7) is 0.584. The van der Waals surface area contributed by atoms with Crippen molar-refractivity contribution in [2.24, 2.45) is 0 Å². The van der Waals surface area contributed by atoms with Gasteiger partial charge in [-0.2, -0.15) is 0 Å². The van der Waals surface area contributed by atoms with Crippen molar-refractivity contribution < 1.29 is 20.4 Å². The van der Waals surface area contributed by atoms with Gasteiger partial charge >= 0.3 is 0 Å². The number of aliphatic hydroxyl groups is 4. The van der Waals surface area contributed by atoms with E-state index < -0.39 is 24.4 Å². The third kappa shape index (κ3) is 4.08. The predicted molar refractivity (Wildman–Crippen MR) is 96.0 cm³/mol. The second kappa shape index (κ2) is 8.08. The molecule has 5 nitrogen and oxygen atoms in total. The fourth-order valence-corrected chi connectivity index (χ4v) is 3.40. The third-order valence-corrected chi connectivity index (χ3v) is 4.96. The van der Waals surface area contributed by atoms with Crippen LogP contribution in [0.1, 0.15) is 5.56 Å². The van der Waals surface area contributed by atoms with Crippen molar-refractivity contribution in [2.75, 3.05) is 19.7 Å². The van der Waals surface area contributed by atoms with Crippen LogP contribution in [0.4, 0.5) is 0 Å². The average Bonchev–Trinajstić information content (AvgIpc) is 2.66. The molecule has 0 aliphatic carbocycles. The molecule has 0 radical (unpaired) electrons. The number of likely N-dealkylation sites (tertiary alicyclic amines) is 1. The average molecular weight is 343 g/mol. The molecule has 0 unspecified atom stereocenters. The van der Waals surface area contributed by atoms with Crippen LogP contribution in [0.25, 0.3) is 11.1 Å². The van der Waals surface area contributed by atoms with E-state index in [0.29, 0.717) is 6.54 Å². The molecular weight excluding hydrogens is 318 g/mol. The van der Waals surface area contributed by atoms with Gasteiger partial charge in [0.2, 0.25) is 0 Å². The first kappa shape index (κ1) is 18.0. The zero-order valence-corrected chi connectivity index (χ0v) is 14.1. The maximum atomic E-state index is 10.0. The molecule has 0 saturated carbocycles. The van der Waals surface area contributed by atoms with E-state index in [9.17, 15) is 20.4 Å². The highest BCUT2D eigenvalue weighted by molar-refractivity contribution is 5.63. The highest BCUT2D eigenvalue weighted by Gasteiger charge is 2.40. The van der Waals surface area contributed by atoms with Crippen LogP contribution >= 0.6 is 0 Å². The standard InChI is InChI=1S/C20H25NO4/c22-13-17-19(24)20(25)18(23)12-21(17)11-10-14-6-8-16(9-7-14)15-4-2-1-3-5-15/h1-9,17-20,22-25H,10-13H2/t17-,18+,19-,20-/m1/s1. The SMILES string of the molecule is OC[C@@H]1[C@@H](O)[C@H](O)[C@@H](O)CN1CCc1ccc(-c2ccccc2)cc1. The molecule has 1 fully saturated rings. The van der Waals surface area contributed by atoms with E-state index in [1.807, 2.05) is 23.1 Å². The van der Waals surface area contributed by atoms with Gasteiger partial charge in [-0.1, -0.05) is 54.6 Å². The van der Waals surface area contributed by atoms with E-state index in [2.05, 4.69) is 36.4 Å². The zero-order valence-electron chi connectivity index (χ0n) is 14.1. The molecule has 1 aliphatic heterocycles. The fourth-order valence-electron chi connectivity index (χ4n) is 3.40. The van der Waals surface area contributed by atoms with Crippen LogP contribution in [0, 0.1) is 0 Å². The summed E-state index contributed by atoms with van der Waals surface area (Å²) in [5, 5.41) is 39.1. The summed E-state index contributed by atoms with van der Waals surface area (Å²) in [6, 6.07) is 17.9. The van der Waals surface area contributed by atoms with Gasteiger partial charge in [0.15, 0.2) is 0 Å². The van der Waals surface area contributed by atoms with Crippen LogP contribution in [0.3, 0.4) is 0 Å². The Hall–Kier alpha value is -1.76. The molecule has 2 aromatic carbocycles. The Bertz CT molecular complexity index is 661. The molecule has 1 saturated heterocycles. The summed E-state index contributed by atoms with van der Waals surface area (Å²) in [6.07, 6.45) is -2.62. The lowest BCUT2D eigenvalue weighted by Crippen LogP contribution is -2.62. The molecule has 1 heterocycles. The molecule has 0 aromatic heterocycles. The molecule has 4 N–H and O–H groups in total. The highest BCUT2D eigenvalue weighted by Crippen LogP contribution is 2.21.